The highest BCUT2D eigenvalue weighted by Crippen LogP contribution is 2.39. The number of rotatable bonds is 6. The lowest BCUT2D eigenvalue weighted by molar-refractivity contribution is -0.125. The summed E-state index contributed by atoms with van der Waals surface area (Å²) in [5.74, 6) is -1.58. The van der Waals surface area contributed by atoms with Crippen molar-refractivity contribution >= 4 is 15.9 Å². The molecule has 6 nitrogen and oxygen atoms in total. The fourth-order valence-corrected chi connectivity index (χ4v) is 4.30. The van der Waals surface area contributed by atoms with Gasteiger partial charge in [-0.15, -0.1) is 0 Å². The van der Waals surface area contributed by atoms with Crippen molar-refractivity contribution in [1.29, 1.82) is 0 Å². The molecule has 0 aromatic heterocycles. The maximum atomic E-state index is 13.6. The van der Waals surface area contributed by atoms with Gasteiger partial charge in [0.2, 0.25) is 15.9 Å². The highest BCUT2D eigenvalue weighted by molar-refractivity contribution is 7.88. The summed E-state index contributed by atoms with van der Waals surface area (Å²) in [6.45, 7) is 0.532. The van der Waals surface area contributed by atoms with Crippen LogP contribution < -0.4 is 10.0 Å². The van der Waals surface area contributed by atoms with Crippen LogP contribution in [0.5, 0.6) is 0 Å². The van der Waals surface area contributed by atoms with Gasteiger partial charge in [-0.2, -0.15) is 0 Å². The average Bonchev–Trinajstić information content (AvgIpc) is 2.93. The third-order valence-electron chi connectivity index (χ3n) is 4.70. The molecule has 2 fully saturated rings. The number of amides is 1. The number of hydrogen-bond donors (Lipinski definition) is 2. The van der Waals surface area contributed by atoms with Crippen LogP contribution in [-0.2, 0) is 26.0 Å². The molecule has 1 aliphatic heterocycles. The first-order valence-corrected chi connectivity index (χ1v) is 9.96. The smallest absolute Gasteiger partial charge is 0.220 e. The molecule has 4 atom stereocenters. The summed E-state index contributed by atoms with van der Waals surface area (Å²) in [6, 6.07) is 2.41. The Kier molecular flexibility index (Phi) is 5.08. The fraction of sp³-hybridized carbons (Fsp3) is 0.562. The Morgan fingerprint density at radius 2 is 2.08 bits per heavy atom. The first-order valence-electron chi connectivity index (χ1n) is 8.07. The molecule has 1 saturated heterocycles. The van der Waals surface area contributed by atoms with Crippen LogP contribution >= 0.6 is 0 Å². The molecule has 1 aromatic rings. The standard InChI is InChI=1S/C16H20F2N2O4S/c1-25(22,23)20-15-14(11-6-7-24-16(11)15)19-13(21)5-3-9-2-4-10(17)8-12(9)18/h2,4,8,11,14-16,20H,3,5-7H2,1H3,(H,19,21)/t11-,14+,15-,16-/m0/s1. The molecular weight excluding hydrogens is 354 g/mol. The van der Waals surface area contributed by atoms with E-state index in [4.69, 9.17) is 4.74 Å². The first-order chi connectivity index (χ1) is 11.7. The maximum Gasteiger partial charge on any atom is 0.220 e. The molecular formula is C16H20F2N2O4S. The molecule has 0 unspecified atom stereocenters. The van der Waals surface area contributed by atoms with Crippen LogP contribution in [-0.4, -0.2) is 45.4 Å². The second-order valence-corrected chi connectivity index (χ2v) is 8.31. The number of hydrogen-bond acceptors (Lipinski definition) is 4. The number of halogens is 2. The number of carbonyl (C=O) groups is 1. The fourth-order valence-electron chi connectivity index (χ4n) is 3.52. The Labute approximate surface area is 145 Å². The number of carbonyl (C=O) groups excluding carboxylic acids is 1. The summed E-state index contributed by atoms with van der Waals surface area (Å²) in [5.41, 5.74) is 0.262. The van der Waals surface area contributed by atoms with Crippen molar-refractivity contribution in [3.63, 3.8) is 0 Å². The molecule has 9 heteroatoms. The number of ether oxygens (including phenoxy) is 1. The average molecular weight is 374 g/mol. The Morgan fingerprint density at radius 3 is 2.76 bits per heavy atom. The van der Waals surface area contributed by atoms with Crippen molar-refractivity contribution < 1.29 is 26.7 Å². The predicted octanol–water partition coefficient (Wildman–Crippen LogP) is 0.719. The van der Waals surface area contributed by atoms with Gasteiger partial charge in [-0.25, -0.2) is 21.9 Å². The zero-order chi connectivity index (χ0) is 18.2. The summed E-state index contributed by atoms with van der Waals surface area (Å²) < 4.78 is 57.5. The third-order valence-corrected chi connectivity index (χ3v) is 5.40. The molecule has 3 rings (SSSR count). The minimum absolute atomic E-state index is 0.0306. The van der Waals surface area contributed by atoms with Gasteiger partial charge in [0, 0.05) is 25.0 Å². The molecule has 25 heavy (non-hydrogen) atoms. The van der Waals surface area contributed by atoms with E-state index in [-0.39, 0.29) is 42.4 Å². The van der Waals surface area contributed by atoms with Crippen LogP contribution in [0.15, 0.2) is 18.2 Å². The van der Waals surface area contributed by atoms with E-state index in [1.165, 1.54) is 6.07 Å². The van der Waals surface area contributed by atoms with Crippen LogP contribution in [0.3, 0.4) is 0 Å². The van der Waals surface area contributed by atoms with Gasteiger partial charge in [0.15, 0.2) is 0 Å². The lowest BCUT2D eigenvalue weighted by Crippen LogP contribution is -2.70. The van der Waals surface area contributed by atoms with E-state index in [2.05, 4.69) is 10.0 Å². The number of aryl methyl sites for hydroxylation is 1. The highest BCUT2D eigenvalue weighted by Gasteiger charge is 2.55. The van der Waals surface area contributed by atoms with Crippen LogP contribution in [0, 0.1) is 17.6 Å². The van der Waals surface area contributed by atoms with Crippen molar-refractivity contribution in [3.8, 4) is 0 Å². The number of sulfonamides is 1. The maximum absolute atomic E-state index is 13.6. The molecule has 0 spiro atoms. The molecule has 2 aliphatic rings. The molecule has 1 aromatic carbocycles. The zero-order valence-electron chi connectivity index (χ0n) is 13.7. The van der Waals surface area contributed by atoms with Gasteiger partial charge in [0.25, 0.3) is 0 Å². The lowest BCUT2D eigenvalue weighted by Gasteiger charge is -2.47. The second kappa shape index (κ2) is 6.97. The SMILES string of the molecule is CS(=O)(=O)N[C@H]1[C@H](NC(=O)CCc2ccc(F)cc2F)[C@@H]2CCO[C@@H]21. The molecule has 1 aliphatic carbocycles. The van der Waals surface area contributed by atoms with Crippen molar-refractivity contribution in [1.82, 2.24) is 10.0 Å². The highest BCUT2D eigenvalue weighted by atomic mass is 32.2. The minimum atomic E-state index is -3.42. The summed E-state index contributed by atoms with van der Waals surface area (Å²) in [7, 11) is -3.42. The Hall–Kier alpha value is -1.58. The van der Waals surface area contributed by atoms with E-state index in [0.29, 0.717) is 6.61 Å². The van der Waals surface area contributed by atoms with Gasteiger partial charge in [0.05, 0.1) is 24.4 Å². The van der Waals surface area contributed by atoms with Crippen molar-refractivity contribution in [3.05, 3.63) is 35.4 Å². The largest absolute Gasteiger partial charge is 0.376 e. The van der Waals surface area contributed by atoms with Gasteiger partial charge < -0.3 is 10.1 Å². The normalized spacial score (nSPS) is 28.3. The lowest BCUT2D eigenvalue weighted by atomic mass is 9.72. The van der Waals surface area contributed by atoms with Gasteiger partial charge in [-0.05, 0) is 24.5 Å². The van der Waals surface area contributed by atoms with E-state index in [0.717, 1.165) is 24.8 Å². The quantitative estimate of drug-likeness (QED) is 0.769. The summed E-state index contributed by atoms with van der Waals surface area (Å²) in [4.78, 5) is 12.2. The van der Waals surface area contributed by atoms with Crippen molar-refractivity contribution in [2.45, 2.75) is 37.5 Å². The second-order valence-electron chi connectivity index (χ2n) is 6.53. The number of benzene rings is 1. The van der Waals surface area contributed by atoms with Crippen molar-refractivity contribution in [2.24, 2.45) is 5.92 Å². The van der Waals surface area contributed by atoms with E-state index in [9.17, 15) is 22.0 Å². The summed E-state index contributed by atoms with van der Waals surface area (Å²) in [6.07, 6.45) is 1.76. The van der Waals surface area contributed by atoms with Gasteiger partial charge >= 0.3 is 0 Å². The number of fused-ring (bicyclic) bond motifs is 1. The van der Waals surface area contributed by atoms with E-state index >= 15 is 0 Å². The zero-order valence-corrected chi connectivity index (χ0v) is 14.5. The minimum Gasteiger partial charge on any atom is -0.376 e. The Bertz CT molecular complexity index is 771. The van der Waals surface area contributed by atoms with E-state index < -0.39 is 27.7 Å². The van der Waals surface area contributed by atoms with E-state index in [1.807, 2.05) is 0 Å². The predicted molar refractivity (Wildman–Crippen MR) is 86.2 cm³/mol. The van der Waals surface area contributed by atoms with Crippen LogP contribution in [0.1, 0.15) is 18.4 Å². The first kappa shape index (κ1) is 18.2. The van der Waals surface area contributed by atoms with Gasteiger partial charge in [-0.1, -0.05) is 6.07 Å². The molecule has 1 heterocycles. The van der Waals surface area contributed by atoms with Crippen LogP contribution in [0.4, 0.5) is 8.78 Å². The molecule has 2 N–H and O–H groups in total. The Morgan fingerprint density at radius 1 is 1.32 bits per heavy atom. The Balaban J connectivity index is 1.57. The van der Waals surface area contributed by atoms with Crippen LogP contribution in [0.2, 0.25) is 0 Å². The monoisotopic (exact) mass is 374 g/mol. The molecule has 1 amide bonds. The molecule has 0 radical (unpaired) electrons. The molecule has 138 valence electrons. The van der Waals surface area contributed by atoms with Crippen molar-refractivity contribution in [2.75, 3.05) is 12.9 Å². The van der Waals surface area contributed by atoms with Crippen LogP contribution in [0.25, 0.3) is 0 Å². The summed E-state index contributed by atoms with van der Waals surface area (Å²) in [5, 5.41) is 2.82. The topological polar surface area (TPSA) is 84.5 Å². The van der Waals surface area contributed by atoms with E-state index in [1.54, 1.807) is 0 Å². The summed E-state index contributed by atoms with van der Waals surface area (Å²) >= 11 is 0. The molecule has 0 bridgehead atoms. The van der Waals surface area contributed by atoms with Gasteiger partial charge in [0.1, 0.15) is 11.6 Å². The third kappa shape index (κ3) is 4.16. The van der Waals surface area contributed by atoms with Gasteiger partial charge in [-0.3, -0.25) is 4.79 Å². The number of nitrogens with one attached hydrogen (secondary N) is 2. The molecule has 1 saturated carbocycles.